The van der Waals surface area contributed by atoms with E-state index in [0.29, 0.717) is 5.92 Å². The van der Waals surface area contributed by atoms with Crippen molar-refractivity contribution in [1.29, 1.82) is 0 Å². The summed E-state index contributed by atoms with van der Waals surface area (Å²) in [5.74, 6) is -1.56. The molecule has 2 aromatic rings. The van der Waals surface area contributed by atoms with Crippen molar-refractivity contribution < 1.29 is 27.2 Å². The van der Waals surface area contributed by atoms with Crippen LogP contribution in [0, 0.1) is 5.92 Å². The lowest BCUT2D eigenvalue weighted by atomic mass is 9.97. The van der Waals surface area contributed by atoms with Crippen molar-refractivity contribution in [3.05, 3.63) is 42.2 Å². The Kier molecular flexibility index (Phi) is 5.08. The molecule has 29 heavy (non-hydrogen) atoms. The van der Waals surface area contributed by atoms with E-state index in [1.165, 1.54) is 30.3 Å². The van der Waals surface area contributed by atoms with Gasteiger partial charge in [-0.15, -0.1) is 0 Å². The molecule has 2 saturated heterocycles. The summed E-state index contributed by atoms with van der Waals surface area (Å²) >= 11 is 0. The highest BCUT2D eigenvalue weighted by Gasteiger charge is 2.39. The van der Waals surface area contributed by atoms with Gasteiger partial charge in [0.25, 0.3) is 5.91 Å². The summed E-state index contributed by atoms with van der Waals surface area (Å²) in [6.07, 6.45) is -2.92. The van der Waals surface area contributed by atoms with Gasteiger partial charge in [-0.2, -0.15) is 13.2 Å². The second-order valence-corrected chi connectivity index (χ2v) is 7.48. The second kappa shape index (κ2) is 7.55. The van der Waals surface area contributed by atoms with Gasteiger partial charge in [0, 0.05) is 24.7 Å². The third kappa shape index (κ3) is 4.29. The van der Waals surface area contributed by atoms with E-state index in [1.54, 1.807) is 6.07 Å². The van der Waals surface area contributed by atoms with Crippen LogP contribution in [0.5, 0.6) is 0 Å². The van der Waals surface area contributed by atoms with Crippen LogP contribution in [0.15, 0.2) is 40.8 Å². The van der Waals surface area contributed by atoms with Gasteiger partial charge in [0.05, 0.1) is 5.69 Å². The minimum atomic E-state index is -5.00. The average Bonchev–Trinajstić information content (AvgIpc) is 3.28. The molecule has 2 N–H and O–H groups in total. The smallest absolute Gasteiger partial charge is 0.451 e. The van der Waals surface area contributed by atoms with Crippen molar-refractivity contribution in [2.75, 3.05) is 25.0 Å². The van der Waals surface area contributed by atoms with E-state index in [-0.39, 0.29) is 34.7 Å². The first-order valence-corrected chi connectivity index (χ1v) is 9.40. The molecule has 0 aliphatic carbocycles. The number of nitrogens with zero attached hydrogens (tertiary/aromatic N) is 1. The van der Waals surface area contributed by atoms with Crippen molar-refractivity contribution >= 4 is 17.5 Å². The fraction of sp³-hybridized carbons (Fsp3) is 0.400. The zero-order chi connectivity index (χ0) is 20.6. The maximum absolute atomic E-state index is 12.6. The number of halogens is 3. The lowest BCUT2D eigenvalue weighted by Crippen LogP contribution is -2.46. The Bertz CT molecular complexity index is 913. The van der Waals surface area contributed by atoms with Crippen LogP contribution in [0.4, 0.5) is 18.9 Å². The van der Waals surface area contributed by atoms with Crippen molar-refractivity contribution in [1.82, 2.24) is 10.2 Å². The fourth-order valence-corrected chi connectivity index (χ4v) is 4.03. The van der Waals surface area contributed by atoms with Crippen LogP contribution in [-0.2, 0) is 4.79 Å². The molecule has 154 valence electrons. The Labute approximate surface area is 165 Å². The van der Waals surface area contributed by atoms with Crippen molar-refractivity contribution in [3.8, 4) is 11.3 Å². The Morgan fingerprint density at radius 1 is 1.10 bits per heavy atom. The Balaban J connectivity index is 1.48. The lowest BCUT2D eigenvalue weighted by Gasteiger charge is -2.30. The Morgan fingerprint density at radius 2 is 1.90 bits per heavy atom. The SMILES string of the molecule is O=C(N[C@@H]1C[C@H]2CCN(C2)C1)c1ccc(-c2ccccc2NC(=O)C(F)(F)F)o1. The number of anilines is 1. The summed E-state index contributed by atoms with van der Waals surface area (Å²) in [4.78, 5) is 26.1. The number of hydrogen-bond acceptors (Lipinski definition) is 4. The van der Waals surface area contributed by atoms with Crippen LogP contribution in [0.1, 0.15) is 23.4 Å². The summed E-state index contributed by atoms with van der Waals surface area (Å²) in [6.45, 7) is 2.95. The molecule has 2 fully saturated rings. The van der Waals surface area contributed by atoms with Gasteiger partial charge >= 0.3 is 12.1 Å². The molecular weight excluding hydrogens is 387 g/mol. The number of amides is 2. The Morgan fingerprint density at radius 3 is 2.66 bits per heavy atom. The number of nitrogens with one attached hydrogen (secondary N) is 2. The highest BCUT2D eigenvalue weighted by molar-refractivity contribution is 5.98. The van der Waals surface area contributed by atoms with Crippen molar-refractivity contribution in [2.24, 2.45) is 5.92 Å². The number of carbonyl (C=O) groups is 2. The molecule has 4 rings (SSSR count). The molecule has 1 unspecified atom stereocenters. The predicted molar refractivity (Wildman–Crippen MR) is 99.2 cm³/mol. The largest absolute Gasteiger partial charge is 0.471 e. The van der Waals surface area contributed by atoms with E-state index in [0.717, 1.165) is 32.5 Å². The molecule has 6 nitrogen and oxygen atoms in total. The van der Waals surface area contributed by atoms with Crippen molar-refractivity contribution in [2.45, 2.75) is 25.1 Å². The summed E-state index contributed by atoms with van der Waals surface area (Å²) < 4.78 is 43.3. The van der Waals surface area contributed by atoms with Gasteiger partial charge in [-0.3, -0.25) is 9.59 Å². The second-order valence-electron chi connectivity index (χ2n) is 7.48. The zero-order valence-electron chi connectivity index (χ0n) is 15.5. The number of alkyl halides is 3. The highest BCUT2D eigenvalue weighted by Crippen LogP contribution is 2.31. The number of piperidine rings is 1. The number of rotatable bonds is 4. The normalized spacial score (nSPS) is 23.6. The molecule has 0 saturated carbocycles. The highest BCUT2D eigenvalue weighted by atomic mass is 19.4. The molecule has 1 aromatic heterocycles. The molecule has 0 radical (unpaired) electrons. The van der Waals surface area contributed by atoms with Crippen LogP contribution in [0.2, 0.25) is 0 Å². The predicted octanol–water partition coefficient (Wildman–Crippen LogP) is 3.27. The molecule has 9 heteroatoms. The number of fused-ring (bicyclic) bond motifs is 2. The van der Waals surface area contributed by atoms with Crippen LogP contribution in [0.25, 0.3) is 11.3 Å². The van der Waals surface area contributed by atoms with Gasteiger partial charge < -0.3 is 20.0 Å². The minimum absolute atomic E-state index is 0.0483. The Hall–Kier alpha value is -2.81. The van der Waals surface area contributed by atoms with Gasteiger partial charge in [-0.1, -0.05) is 12.1 Å². The lowest BCUT2D eigenvalue weighted by molar-refractivity contribution is -0.167. The third-order valence-electron chi connectivity index (χ3n) is 5.33. The van der Waals surface area contributed by atoms with E-state index >= 15 is 0 Å². The van der Waals surface area contributed by atoms with Crippen molar-refractivity contribution in [3.63, 3.8) is 0 Å². The van der Waals surface area contributed by atoms with E-state index in [2.05, 4.69) is 10.2 Å². The van der Waals surface area contributed by atoms with Crippen LogP contribution in [-0.4, -0.2) is 48.6 Å². The van der Waals surface area contributed by atoms with Gasteiger partial charge in [0.1, 0.15) is 5.76 Å². The number of hydrogen-bond donors (Lipinski definition) is 2. The monoisotopic (exact) mass is 407 g/mol. The van der Waals surface area contributed by atoms with Gasteiger partial charge in [0.2, 0.25) is 0 Å². The molecule has 2 amide bonds. The molecule has 3 heterocycles. The molecule has 2 bridgehead atoms. The van der Waals surface area contributed by atoms with E-state index in [9.17, 15) is 22.8 Å². The molecular formula is C20H20F3N3O3. The van der Waals surface area contributed by atoms with Gasteiger partial charge in [0.15, 0.2) is 5.76 Å². The van der Waals surface area contributed by atoms with Gasteiger partial charge in [-0.05, 0) is 49.6 Å². The zero-order valence-corrected chi connectivity index (χ0v) is 15.5. The molecule has 2 aliphatic rings. The fourth-order valence-electron chi connectivity index (χ4n) is 4.03. The first-order valence-electron chi connectivity index (χ1n) is 9.40. The van der Waals surface area contributed by atoms with Crippen LogP contribution < -0.4 is 10.6 Å². The minimum Gasteiger partial charge on any atom is -0.451 e. The third-order valence-corrected chi connectivity index (χ3v) is 5.33. The number of carbonyl (C=O) groups excluding carboxylic acids is 2. The summed E-state index contributed by atoms with van der Waals surface area (Å²) in [7, 11) is 0. The molecule has 0 spiro atoms. The quantitative estimate of drug-likeness (QED) is 0.816. The van der Waals surface area contributed by atoms with E-state index in [4.69, 9.17) is 4.42 Å². The maximum Gasteiger partial charge on any atom is 0.471 e. The molecule has 1 aromatic carbocycles. The molecule has 3 atom stereocenters. The number of para-hydroxylation sites is 1. The maximum atomic E-state index is 12.6. The first-order chi connectivity index (χ1) is 13.8. The summed E-state index contributed by atoms with van der Waals surface area (Å²) in [5.41, 5.74) is 0.207. The summed E-state index contributed by atoms with van der Waals surface area (Å²) in [5, 5.41) is 4.81. The van der Waals surface area contributed by atoms with Gasteiger partial charge in [-0.25, -0.2) is 0 Å². The van der Waals surface area contributed by atoms with Crippen LogP contribution in [0.3, 0.4) is 0 Å². The standard InChI is InChI=1S/C20H20F3N3O3/c21-20(22,23)19(28)25-15-4-2-1-3-14(15)16-5-6-17(29-16)18(27)24-13-9-12-7-8-26(10-12)11-13/h1-6,12-13H,7-11H2,(H,24,27)(H,25,28)/t12-,13-/m1/s1. The molecule has 2 aliphatic heterocycles. The van der Waals surface area contributed by atoms with Crippen LogP contribution >= 0.6 is 0 Å². The number of furan rings is 1. The van der Waals surface area contributed by atoms with E-state index in [1.807, 2.05) is 5.32 Å². The summed E-state index contributed by atoms with van der Waals surface area (Å²) in [6, 6.07) is 8.99. The average molecular weight is 407 g/mol. The first kappa shape index (κ1) is 19.5. The van der Waals surface area contributed by atoms with E-state index < -0.39 is 12.1 Å². The number of benzene rings is 1. The topological polar surface area (TPSA) is 74.6 Å².